The molecule has 1 heterocycles. The zero-order valence-electron chi connectivity index (χ0n) is 13.9. The van der Waals surface area contributed by atoms with E-state index in [2.05, 4.69) is 11.8 Å². The Labute approximate surface area is 133 Å². The van der Waals surface area contributed by atoms with Crippen molar-refractivity contribution in [1.82, 2.24) is 9.80 Å². The molecular formula is C18H26N2O2. The summed E-state index contributed by atoms with van der Waals surface area (Å²) in [7, 11) is 0. The molecule has 1 aromatic rings. The number of rotatable bonds is 5. The Bertz CT molecular complexity index is 546. The second kappa shape index (κ2) is 7.54. The standard InChI is InChI=1S/C18H26N2O2/c1-4-19-9-11-20(12-10-19)18(22)8-7-17(21)16-6-5-14(2)15(3)13-16/h5-6,13H,4,7-12H2,1-3H3. The summed E-state index contributed by atoms with van der Waals surface area (Å²) < 4.78 is 0. The number of aryl methyl sites for hydroxylation is 2. The van der Waals surface area contributed by atoms with E-state index in [0.29, 0.717) is 18.4 Å². The summed E-state index contributed by atoms with van der Waals surface area (Å²) in [5, 5.41) is 0. The number of carbonyl (C=O) groups excluding carboxylic acids is 2. The average Bonchev–Trinajstić information content (AvgIpc) is 2.54. The van der Waals surface area contributed by atoms with Crippen molar-refractivity contribution in [3.63, 3.8) is 0 Å². The summed E-state index contributed by atoms with van der Waals surface area (Å²) >= 11 is 0. The lowest BCUT2D eigenvalue weighted by atomic mass is 10.0. The van der Waals surface area contributed by atoms with E-state index in [1.807, 2.05) is 36.9 Å². The fourth-order valence-corrected chi connectivity index (χ4v) is 2.75. The zero-order valence-corrected chi connectivity index (χ0v) is 13.9. The first kappa shape index (κ1) is 16.7. The molecule has 0 saturated carbocycles. The lowest BCUT2D eigenvalue weighted by Gasteiger charge is -2.34. The fourth-order valence-electron chi connectivity index (χ4n) is 2.75. The van der Waals surface area contributed by atoms with Gasteiger partial charge in [-0.3, -0.25) is 9.59 Å². The van der Waals surface area contributed by atoms with E-state index in [0.717, 1.165) is 38.3 Å². The Morgan fingerprint density at radius 1 is 1.00 bits per heavy atom. The number of hydrogen-bond acceptors (Lipinski definition) is 3. The average molecular weight is 302 g/mol. The van der Waals surface area contributed by atoms with Gasteiger partial charge in [0, 0.05) is 44.6 Å². The predicted molar refractivity (Wildman–Crippen MR) is 88.2 cm³/mol. The molecule has 4 nitrogen and oxygen atoms in total. The van der Waals surface area contributed by atoms with Gasteiger partial charge in [-0.25, -0.2) is 0 Å². The highest BCUT2D eigenvalue weighted by Crippen LogP contribution is 2.13. The number of carbonyl (C=O) groups is 2. The molecule has 0 unspecified atom stereocenters. The van der Waals surface area contributed by atoms with Crippen LogP contribution in [0.4, 0.5) is 0 Å². The second-order valence-corrected chi connectivity index (χ2v) is 6.04. The molecule has 0 bridgehead atoms. The lowest BCUT2D eigenvalue weighted by molar-refractivity contribution is -0.132. The minimum absolute atomic E-state index is 0.0589. The molecular weight excluding hydrogens is 276 g/mol. The van der Waals surface area contributed by atoms with E-state index >= 15 is 0 Å². The van der Waals surface area contributed by atoms with E-state index in [4.69, 9.17) is 0 Å². The van der Waals surface area contributed by atoms with Gasteiger partial charge in [-0.1, -0.05) is 19.1 Å². The largest absolute Gasteiger partial charge is 0.340 e. The van der Waals surface area contributed by atoms with E-state index in [9.17, 15) is 9.59 Å². The number of likely N-dealkylation sites (N-methyl/N-ethyl adjacent to an activating group) is 1. The molecule has 0 radical (unpaired) electrons. The number of nitrogens with zero attached hydrogens (tertiary/aromatic N) is 2. The van der Waals surface area contributed by atoms with Crippen LogP contribution >= 0.6 is 0 Å². The highest BCUT2D eigenvalue weighted by molar-refractivity contribution is 5.98. The molecule has 1 saturated heterocycles. The molecule has 0 N–H and O–H groups in total. The highest BCUT2D eigenvalue weighted by Gasteiger charge is 2.20. The summed E-state index contributed by atoms with van der Waals surface area (Å²) in [6.45, 7) is 10.6. The van der Waals surface area contributed by atoms with Gasteiger partial charge in [-0.2, -0.15) is 0 Å². The number of amides is 1. The summed E-state index contributed by atoms with van der Waals surface area (Å²) in [6.07, 6.45) is 0.618. The Hall–Kier alpha value is -1.68. The van der Waals surface area contributed by atoms with Crippen LogP contribution < -0.4 is 0 Å². The molecule has 1 amide bonds. The van der Waals surface area contributed by atoms with Crippen LogP contribution in [0.2, 0.25) is 0 Å². The number of hydrogen-bond donors (Lipinski definition) is 0. The Morgan fingerprint density at radius 2 is 1.68 bits per heavy atom. The van der Waals surface area contributed by atoms with E-state index in [1.165, 1.54) is 5.56 Å². The normalized spacial score (nSPS) is 15.9. The van der Waals surface area contributed by atoms with Crippen LogP contribution in [0, 0.1) is 13.8 Å². The molecule has 22 heavy (non-hydrogen) atoms. The maximum Gasteiger partial charge on any atom is 0.223 e. The Kier molecular flexibility index (Phi) is 5.72. The zero-order chi connectivity index (χ0) is 16.1. The van der Waals surface area contributed by atoms with E-state index in [-0.39, 0.29) is 11.7 Å². The van der Waals surface area contributed by atoms with Crippen molar-refractivity contribution in [3.8, 4) is 0 Å². The fraction of sp³-hybridized carbons (Fsp3) is 0.556. The lowest BCUT2D eigenvalue weighted by Crippen LogP contribution is -2.48. The quantitative estimate of drug-likeness (QED) is 0.784. The van der Waals surface area contributed by atoms with Crippen LogP contribution in [-0.4, -0.2) is 54.2 Å². The first-order chi connectivity index (χ1) is 10.5. The number of piperazine rings is 1. The van der Waals surface area contributed by atoms with Gasteiger partial charge in [-0.05, 0) is 37.6 Å². The van der Waals surface area contributed by atoms with Gasteiger partial charge >= 0.3 is 0 Å². The highest BCUT2D eigenvalue weighted by atomic mass is 16.2. The van der Waals surface area contributed by atoms with Crippen LogP contribution in [-0.2, 0) is 4.79 Å². The minimum atomic E-state index is 0.0589. The Morgan fingerprint density at radius 3 is 2.27 bits per heavy atom. The van der Waals surface area contributed by atoms with Crippen molar-refractivity contribution in [3.05, 3.63) is 34.9 Å². The van der Waals surface area contributed by atoms with Gasteiger partial charge in [-0.15, -0.1) is 0 Å². The van der Waals surface area contributed by atoms with Crippen LogP contribution in [0.5, 0.6) is 0 Å². The van der Waals surface area contributed by atoms with Crippen LogP contribution in [0.25, 0.3) is 0 Å². The van der Waals surface area contributed by atoms with Gasteiger partial charge in [0.15, 0.2) is 5.78 Å². The number of ketones is 1. The molecule has 1 aliphatic rings. The van der Waals surface area contributed by atoms with E-state index in [1.54, 1.807) is 0 Å². The minimum Gasteiger partial charge on any atom is -0.340 e. The first-order valence-corrected chi connectivity index (χ1v) is 8.12. The smallest absolute Gasteiger partial charge is 0.223 e. The molecule has 0 spiro atoms. The molecule has 0 aromatic heterocycles. The van der Waals surface area contributed by atoms with Gasteiger partial charge < -0.3 is 9.80 Å². The van der Waals surface area contributed by atoms with Crippen molar-refractivity contribution in [1.29, 1.82) is 0 Å². The van der Waals surface area contributed by atoms with Gasteiger partial charge in [0.1, 0.15) is 0 Å². The van der Waals surface area contributed by atoms with Crippen LogP contribution in [0.3, 0.4) is 0 Å². The molecule has 0 atom stereocenters. The summed E-state index contributed by atoms with van der Waals surface area (Å²) in [5.41, 5.74) is 3.01. The van der Waals surface area contributed by atoms with Gasteiger partial charge in [0.05, 0.1) is 0 Å². The molecule has 1 aromatic carbocycles. The molecule has 0 aliphatic carbocycles. The second-order valence-electron chi connectivity index (χ2n) is 6.04. The number of benzene rings is 1. The van der Waals surface area contributed by atoms with Gasteiger partial charge in [0.25, 0.3) is 0 Å². The topological polar surface area (TPSA) is 40.6 Å². The molecule has 2 rings (SSSR count). The van der Waals surface area contributed by atoms with E-state index < -0.39 is 0 Å². The van der Waals surface area contributed by atoms with Crippen LogP contribution in [0.15, 0.2) is 18.2 Å². The molecule has 1 fully saturated rings. The SMILES string of the molecule is CCN1CCN(C(=O)CCC(=O)c2ccc(C)c(C)c2)CC1. The monoisotopic (exact) mass is 302 g/mol. The van der Waals surface area contributed by atoms with Gasteiger partial charge in [0.2, 0.25) is 5.91 Å². The third-order valence-electron chi connectivity index (χ3n) is 4.57. The molecule has 1 aliphatic heterocycles. The molecule has 4 heteroatoms. The summed E-state index contributed by atoms with van der Waals surface area (Å²) in [6, 6.07) is 5.74. The van der Waals surface area contributed by atoms with Crippen LogP contribution in [0.1, 0.15) is 41.3 Å². The maximum absolute atomic E-state index is 12.2. The summed E-state index contributed by atoms with van der Waals surface area (Å²) in [4.78, 5) is 28.6. The van der Waals surface area contributed by atoms with Crippen molar-refractivity contribution in [2.45, 2.75) is 33.6 Å². The maximum atomic E-state index is 12.2. The van der Waals surface area contributed by atoms with Crippen molar-refractivity contribution >= 4 is 11.7 Å². The number of Topliss-reactive ketones (excluding diaryl/α,β-unsaturated/α-hetero) is 1. The first-order valence-electron chi connectivity index (χ1n) is 8.12. The third-order valence-corrected chi connectivity index (χ3v) is 4.57. The third kappa shape index (κ3) is 4.17. The predicted octanol–water partition coefficient (Wildman–Crippen LogP) is 2.43. The molecule has 120 valence electrons. The van der Waals surface area contributed by atoms with Crippen molar-refractivity contribution < 1.29 is 9.59 Å². The summed E-state index contributed by atoms with van der Waals surface area (Å²) in [5.74, 6) is 0.164. The van der Waals surface area contributed by atoms with Crippen molar-refractivity contribution in [2.24, 2.45) is 0 Å². The van der Waals surface area contributed by atoms with Crippen molar-refractivity contribution in [2.75, 3.05) is 32.7 Å². The Balaban J connectivity index is 1.83.